The Morgan fingerprint density at radius 2 is 2.00 bits per heavy atom. The molecule has 0 spiro atoms. The number of thiazole rings is 1. The maximum Gasteiger partial charge on any atom is 0.313 e. The lowest BCUT2D eigenvalue weighted by Crippen LogP contribution is -2.41. The topological polar surface area (TPSA) is 94.8 Å². The summed E-state index contributed by atoms with van der Waals surface area (Å²) in [7, 11) is 1.26. The monoisotopic (exact) mass is 389 g/mol. The van der Waals surface area contributed by atoms with Crippen LogP contribution in [0.4, 0.5) is 5.69 Å². The van der Waals surface area contributed by atoms with Crippen LogP contribution in [-0.2, 0) is 24.6 Å². The van der Waals surface area contributed by atoms with Crippen LogP contribution in [0.25, 0.3) is 0 Å². The molecule has 1 saturated heterocycles. The number of ether oxygens (including phenoxy) is 2. The van der Waals surface area contributed by atoms with E-state index in [9.17, 15) is 9.59 Å². The number of ketones is 1. The first-order chi connectivity index (χ1) is 13.0. The van der Waals surface area contributed by atoms with Crippen LogP contribution in [0.2, 0.25) is 0 Å². The quantitative estimate of drug-likeness (QED) is 0.569. The first-order valence-corrected chi connectivity index (χ1v) is 9.66. The number of carbonyl (C=O) groups excluding carboxylic acids is 2. The molecular formula is C19H23N3O4S. The number of esters is 1. The highest BCUT2D eigenvalue weighted by Gasteiger charge is 2.35. The minimum Gasteiger partial charge on any atom is -0.469 e. The summed E-state index contributed by atoms with van der Waals surface area (Å²) in [6, 6.07) is 7.85. The molecule has 27 heavy (non-hydrogen) atoms. The predicted molar refractivity (Wildman–Crippen MR) is 103 cm³/mol. The molecule has 3 rings (SSSR count). The number of benzene rings is 1. The van der Waals surface area contributed by atoms with Crippen LogP contribution < -0.4 is 10.6 Å². The SMILES string of the molecule is COC(=O)CC(=O)CC(N)(c1ccc(N2CCOCC2)cc1)c1cscn1. The van der Waals surface area contributed by atoms with E-state index in [-0.39, 0.29) is 18.6 Å². The van der Waals surface area contributed by atoms with Crippen molar-refractivity contribution in [1.29, 1.82) is 0 Å². The second-order valence-electron chi connectivity index (χ2n) is 6.46. The van der Waals surface area contributed by atoms with Crippen LogP contribution in [0, 0.1) is 0 Å². The number of carbonyl (C=O) groups is 2. The van der Waals surface area contributed by atoms with Crippen LogP contribution in [-0.4, -0.2) is 50.1 Å². The van der Waals surface area contributed by atoms with Gasteiger partial charge in [0.25, 0.3) is 0 Å². The van der Waals surface area contributed by atoms with Gasteiger partial charge in [-0.25, -0.2) is 4.98 Å². The Labute approximate surface area is 162 Å². The molecule has 1 aliphatic rings. The van der Waals surface area contributed by atoms with Gasteiger partial charge in [0.15, 0.2) is 0 Å². The molecule has 144 valence electrons. The van der Waals surface area contributed by atoms with Crippen LogP contribution >= 0.6 is 11.3 Å². The standard InChI is InChI=1S/C19H23N3O4S/c1-25-18(24)10-16(23)11-19(20,17-12-27-13-21-17)14-2-4-15(5-3-14)22-6-8-26-9-7-22/h2-5,12-13H,6-11,20H2,1H3. The number of aromatic nitrogens is 1. The van der Waals surface area contributed by atoms with Crippen LogP contribution in [0.3, 0.4) is 0 Å². The molecular weight excluding hydrogens is 366 g/mol. The average Bonchev–Trinajstić information content (AvgIpc) is 3.24. The average molecular weight is 389 g/mol. The third kappa shape index (κ3) is 4.52. The largest absolute Gasteiger partial charge is 0.469 e. The van der Waals surface area contributed by atoms with Crippen molar-refractivity contribution in [2.24, 2.45) is 5.73 Å². The fraction of sp³-hybridized carbons (Fsp3) is 0.421. The Bertz CT molecular complexity index is 773. The summed E-state index contributed by atoms with van der Waals surface area (Å²) in [5.41, 5.74) is 9.75. The fourth-order valence-electron chi connectivity index (χ4n) is 3.17. The summed E-state index contributed by atoms with van der Waals surface area (Å²) in [5.74, 6) is -0.849. The van der Waals surface area contributed by atoms with E-state index in [2.05, 4.69) is 14.6 Å². The molecule has 1 aromatic carbocycles. The molecule has 1 aliphatic heterocycles. The van der Waals surface area contributed by atoms with Gasteiger partial charge in [-0.3, -0.25) is 9.59 Å². The molecule has 0 radical (unpaired) electrons. The van der Waals surface area contributed by atoms with Gasteiger partial charge in [0.1, 0.15) is 12.2 Å². The van der Waals surface area contributed by atoms with E-state index in [0.717, 1.165) is 24.3 Å². The number of Topliss-reactive ketones (excluding diaryl/α,β-unsaturated/α-hetero) is 1. The van der Waals surface area contributed by atoms with E-state index < -0.39 is 11.5 Å². The summed E-state index contributed by atoms with van der Waals surface area (Å²) in [6.07, 6.45) is -0.325. The molecule has 1 unspecified atom stereocenters. The third-order valence-electron chi connectivity index (χ3n) is 4.69. The summed E-state index contributed by atoms with van der Waals surface area (Å²) in [4.78, 5) is 30.4. The maximum absolute atomic E-state index is 12.4. The van der Waals surface area contributed by atoms with E-state index in [1.165, 1.54) is 18.4 Å². The molecule has 0 amide bonds. The van der Waals surface area contributed by atoms with E-state index in [1.807, 2.05) is 29.6 Å². The summed E-state index contributed by atoms with van der Waals surface area (Å²) in [6.45, 7) is 3.11. The normalized spacial score (nSPS) is 16.6. The molecule has 0 bridgehead atoms. The Balaban J connectivity index is 1.84. The van der Waals surface area contributed by atoms with E-state index in [4.69, 9.17) is 10.5 Å². The Morgan fingerprint density at radius 1 is 1.30 bits per heavy atom. The van der Waals surface area contributed by atoms with Gasteiger partial charge in [-0.1, -0.05) is 12.1 Å². The summed E-state index contributed by atoms with van der Waals surface area (Å²) < 4.78 is 9.97. The van der Waals surface area contributed by atoms with Gasteiger partial charge < -0.3 is 20.1 Å². The second kappa shape index (κ2) is 8.60. The zero-order chi connectivity index (χ0) is 19.3. The van der Waals surface area contributed by atoms with Gasteiger partial charge >= 0.3 is 5.97 Å². The van der Waals surface area contributed by atoms with Crippen molar-refractivity contribution in [2.75, 3.05) is 38.3 Å². The van der Waals surface area contributed by atoms with Crippen molar-refractivity contribution in [1.82, 2.24) is 4.98 Å². The lowest BCUT2D eigenvalue weighted by molar-refractivity contribution is -0.143. The van der Waals surface area contributed by atoms with Gasteiger partial charge in [-0.2, -0.15) is 0 Å². The van der Waals surface area contributed by atoms with Gasteiger partial charge in [0.2, 0.25) is 0 Å². The van der Waals surface area contributed by atoms with Crippen LogP contribution in [0.5, 0.6) is 0 Å². The van der Waals surface area contributed by atoms with Crippen molar-refractivity contribution in [2.45, 2.75) is 18.4 Å². The van der Waals surface area contributed by atoms with Crippen molar-refractivity contribution in [3.8, 4) is 0 Å². The van der Waals surface area contributed by atoms with Crippen molar-refractivity contribution < 1.29 is 19.1 Å². The van der Waals surface area contributed by atoms with Gasteiger partial charge in [0, 0.05) is 30.6 Å². The second-order valence-corrected chi connectivity index (χ2v) is 7.18. The molecule has 2 heterocycles. The molecule has 1 fully saturated rings. The molecule has 8 heteroatoms. The molecule has 0 saturated carbocycles. The smallest absolute Gasteiger partial charge is 0.313 e. The Hall–Kier alpha value is -2.29. The van der Waals surface area contributed by atoms with E-state index in [1.54, 1.807) is 5.51 Å². The Morgan fingerprint density at radius 3 is 2.59 bits per heavy atom. The molecule has 7 nitrogen and oxygen atoms in total. The highest BCUT2D eigenvalue weighted by Crippen LogP contribution is 2.32. The fourth-order valence-corrected chi connectivity index (χ4v) is 3.81. The zero-order valence-corrected chi connectivity index (χ0v) is 16.0. The van der Waals surface area contributed by atoms with Gasteiger partial charge in [-0.05, 0) is 17.7 Å². The molecule has 0 aliphatic carbocycles. The van der Waals surface area contributed by atoms with Crippen LogP contribution in [0.1, 0.15) is 24.1 Å². The number of nitrogens with zero attached hydrogens (tertiary/aromatic N) is 2. The first-order valence-electron chi connectivity index (χ1n) is 8.72. The number of rotatable bonds is 7. The van der Waals surface area contributed by atoms with Crippen LogP contribution in [0.15, 0.2) is 35.2 Å². The summed E-state index contributed by atoms with van der Waals surface area (Å²) in [5, 5.41) is 1.83. The van der Waals surface area contributed by atoms with E-state index in [0.29, 0.717) is 18.9 Å². The predicted octanol–water partition coefficient (Wildman–Crippen LogP) is 1.70. The number of nitrogens with two attached hydrogens (primary N) is 1. The van der Waals surface area contributed by atoms with Crippen molar-refractivity contribution in [3.63, 3.8) is 0 Å². The summed E-state index contributed by atoms with van der Waals surface area (Å²) >= 11 is 1.42. The minimum absolute atomic E-state index is 0.0251. The lowest BCUT2D eigenvalue weighted by Gasteiger charge is -2.31. The zero-order valence-electron chi connectivity index (χ0n) is 15.2. The number of hydrogen-bond donors (Lipinski definition) is 1. The third-order valence-corrected chi connectivity index (χ3v) is 5.28. The number of morpholine rings is 1. The maximum atomic E-state index is 12.4. The highest BCUT2D eigenvalue weighted by atomic mass is 32.1. The number of anilines is 1. The number of methoxy groups -OCH3 is 1. The van der Waals surface area contributed by atoms with Gasteiger partial charge in [-0.15, -0.1) is 11.3 Å². The van der Waals surface area contributed by atoms with Crippen molar-refractivity contribution in [3.05, 3.63) is 46.4 Å². The number of hydrogen-bond acceptors (Lipinski definition) is 8. The van der Waals surface area contributed by atoms with Crippen molar-refractivity contribution >= 4 is 28.8 Å². The van der Waals surface area contributed by atoms with Gasteiger partial charge in [0.05, 0.1) is 37.1 Å². The Kier molecular flexibility index (Phi) is 6.20. The molecule has 2 N–H and O–H groups in total. The minimum atomic E-state index is -1.09. The molecule has 1 atom stereocenters. The lowest BCUT2D eigenvalue weighted by atomic mass is 9.83. The molecule has 1 aromatic heterocycles. The highest BCUT2D eigenvalue weighted by molar-refractivity contribution is 7.07. The van der Waals surface area contributed by atoms with E-state index >= 15 is 0 Å². The molecule has 2 aromatic rings. The first kappa shape index (κ1) is 19.5.